The lowest BCUT2D eigenvalue weighted by atomic mass is 10.2. The topological polar surface area (TPSA) is 55.4 Å². The molecule has 2 aromatic carbocycles. The number of hydrogen-bond donors (Lipinski definition) is 1. The summed E-state index contributed by atoms with van der Waals surface area (Å²) >= 11 is 9.11. The highest BCUT2D eigenvalue weighted by molar-refractivity contribution is 9.10. The standard InChI is InChI=1S/C16H12BrClFNO3/c1-9(23-15-5-2-11(17)6-10(15)8-21)16(22)20-14-4-3-12(19)7-13(14)18/h2-9H,1H3,(H,20,22)/t9-/m0/s1. The van der Waals surface area contributed by atoms with Gasteiger partial charge >= 0.3 is 0 Å². The molecule has 0 fully saturated rings. The number of ether oxygens (including phenoxy) is 1. The van der Waals surface area contributed by atoms with Crippen molar-refractivity contribution in [1.82, 2.24) is 0 Å². The lowest BCUT2D eigenvalue weighted by molar-refractivity contribution is -0.122. The fourth-order valence-corrected chi connectivity index (χ4v) is 2.38. The van der Waals surface area contributed by atoms with Crippen molar-refractivity contribution in [2.24, 2.45) is 0 Å². The molecule has 1 atom stereocenters. The summed E-state index contributed by atoms with van der Waals surface area (Å²) in [4.78, 5) is 23.2. The van der Waals surface area contributed by atoms with Crippen molar-refractivity contribution in [3.05, 3.63) is 57.3 Å². The van der Waals surface area contributed by atoms with E-state index in [1.54, 1.807) is 18.2 Å². The molecule has 0 bridgehead atoms. The Hall–Kier alpha value is -1.92. The van der Waals surface area contributed by atoms with Gasteiger partial charge < -0.3 is 10.1 Å². The zero-order chi connectivity index (χ0) is 17.0. The van der Waals surface area contributed by atoms with Crippen LogP contribution in [0.4, 0.5) is 10.1 Å². The fourth-order valence-electron chi connectivity index (χ4n) is 1.79. The van der Waals surface area contributed by atoms with Crippen molar-refractivity contribution in [1.29, 1.82) is 0 Å². The quantitative estimate of drug-likeness (QED) is 0.754. The first kappa shape index (κ1) is 17.4. The predicted octanol–water partition coefficient (Wildman–Crippen LogP) is 4.46. The zero-order valence-electron chi connectivity index (χ0n) is 12.0. The highest BCUT2D eigenvalue weighted by Crippen LogP contribution is 2.25. The number of amides is 1. The number of aldehydes is 1. The summed E-state index contributed by atoms with van der Waals surface area (Å²) < 4.78 is 19.2. The highest BCUT2D eigenvalue weighted by atomic mass is 79.9. The van der Waals surface area contributed by atoms with E-state index in [-0.39, 0.29) is 16.5 Å². The van der Waals surface area contributed by atoms with Gasteiger partial charge in [0.15, 0.2) is 12.4 Å². The first-order chi connectivity index (χ1) is 10.9. The van der Waals surface area contributed by atoms with Crippen LogP contribution in [0.25, 0.3) is 0 Å². The van der Waals surface area contributed by atoms with Gasteiger partial charge in [-0.2, -0.15) is 0 Å². The van der Waals surface area contributed by atoms with E-state index in [9.17, 15) is 14.0 Å². The van der Waals surface area contributed by atoms with E-state index >= 15 is 0 Å². The zero-order valence-corrected chi connectivity index (χ0v) is 14.3. The molecule has 0 aliphatic carbocycles. The van der Waals surface area contributed by atoms with Gasteiger partial charge in [0, 0.05) is 4.47 Å². The van der Waals surface area contributed by atoms with Crippen LogP contribution in [0, 0.1) is 5.82 Å². The second-order valence-corrected chi connectivity index (χ2v) is 6.00. The molecule has 0 aliphatic rings. The molecule has 4 nitrogen and oxygen atoms in total. The molecule has 0 saturated heterocycles. The van der Waals surface area contributed by atoms with Crippen LogP contribution in [0.3, 0.4) is 0 Å². The van der Waals surface area contributed by atoms with Crippen molar-refractivity contribution in [3.63, 3.8) is 0 Å². The first-order valence-electron chi connectivity index (χ1n) is 6.58. The Morgan fingerprint density at radius 3 is 2.74 bits per heavy atom. The lowest BCUT2D eigenvalue weighted by Gasteiger charge is -2.16. The molecule has 0 aromatic heterocycles. The molecule has 1 amide bonds. The van der Waals surface area contributed by atoms with E-state index in [4.69, 9.17) is 16.3 Å². The van der Waals surface area contributed by atoms with Gasteiger partial charge in [0.1, 0.15) is 11.6 Å². The van der Waals surface area contributed by atoms with E-state index in [2.05, 4.69) is 21.2 Å². The van der Waals surface area contributed by atoms with Crippen LogP contribution in [0.1, 0.15) is 17.3 Å². The summed E-state index contributed by atoms with van der Waals surface area (Å²) in [6.45, 7) is 1.53. The molecule has 120 valence electrons. The minimum atomic E-state index is -0.879. The smallest absolute Gasteiger partial charge is 0.265 e. The third-order valence-corrected chi connectivity index (χ3v) is 3.77. The molecule has 0 saturated carbocycles. The summed E-state index contributed by atoms with van der Waals surface area (Å²) in [7, 11) is 0. The van der Waals surface area contributed by atoms with E-state index in [0.29, 0.717) is 11.8 Å². The number of halogens is 3. The Balaban J connectivity index is 2.10. The maximum absolute atomic E-state index is 13.0. The van der Waals surface area contributed by atoms with Crippen LogP contribution in [-0.4, -0.2) is 18.3 Å². The third kappa shape index (κ3) is 4.53. The summed E-state index contributed by atoms with van der Waals surface area (Å²) in [5.41, 5.74) is 0.596. The van der Waals surface area contributed by atoms with Gasteiger partial charge in [-0.05, 0) is 43.3 Å². The Morgan fingerprint density at radius 1 is 1.35 bits per heavy atom. The van der Waals surface area contributed by atoms with Crippen LogP contribution in [0.2, 0.25) is 5.02 Å². The van der Waals surface area contributed by atoms with E-state index in [0.717, 1.165) is 10.5 Å². The lowest BCUT2D eigenvalue weighted by Crippen LogP contribution is -2.30. The molecule has 1 N–H and O–H groups in total. The molecule has 0 unspecified atom stereocenters. The van der Waals surface area contributed by atoms with Gasteiger partial charge in [0.2, 0.25) is 0 Å². The van der Waals surface area contributed by atoms with Gasteiger partial charge in [0.25, 0.3) is 5.91 Å². The Bertz CT molecular complexity index is 754. The Morgan fingerprint density at radius 2 is 2.09 bits per heavy atom. The van der Waals surface area contributed by atoms with Crippen molar-refractivity contribution in [2.75, 3.05) is 5.32 Å². The largest absolute Gasteiger partial charge is 0.480 e. The molecule has 2 aromatic rings. The average Bonchev–Trinajstić information content (AvgIpc) is 2.51. The van der Waals surface area contributed by atoms with Crippen molar-refractivity contribution < 1.29 is 18.7 Å². The molecule has 0 heterocycles. The van der Waals surface area contributed by atoms with Crippen LogP contribution < -0.4 is 10.1 Å². The van der Waals surface area contributed by atoms with Crippen LogP contribution in [0.5, 0.6) is 5.75 Å². The van der Waals surface area contributed by atoms with Crippen molar-refractivity contribution >= 4 is 45.4 Å². The molecule has 23 heavy (non-hydrogen) atoms. The summed E-state index contributed by atoms with van der Waals surface area (Å²) in [6, 6.07) is 8.52. The molecular weight excluding hydrogens is 389 g/mol. The maximum atomic E-state index is 13.0. The molecule has 2 rings (SSSR count). The normalized spacial score (nSPS) is 11.7. The van der Waals surface area contributed by atoms with Crippen molar-refractivity contribution in [2.45, 2.75) is 13.0 Å². The molecule has 0 aliphatic heterocycles. The molecule has 7 heteroatoms. The predicted molar refractivity (Wildman–Crippen MR) is 89.7 cm³/mol. The van der Waals surface area contributed by atoms with Gasteiger partial charge in [0.05, 0.1) is 16.3 Å². The maximum Gasteiger partial charge on any atom is 0.265 e. The van der Waals surface area contributed by atoms with Crippen LogP contribution in [-0.2, 0) is 4.79 Å². The van der Waals surface area contributed by atoms with Crippen LogP contribution in [0.15, 0.2) is 40.9 Å². The number of anilines is 1. The number of rotatable bonds is 5. The SMILES string of the molecule is C[C@H](Oc1ccc(Br)cc1C=O)C(=O)Nc1ccc(F)cc1Cl. The first-order valence-corrected chi connectivity index (χ1v) is 7.75. The van der Waals surface area contributed by atoms with Gasteiger partial charge in [-0.1, -0.05) is 27.5 Å². The second-order valence-electron chi connectivity index (χ2n) is 4.67. The highest BCUT2D eigenvalue weighted by Gasteiger charge is 2.18. The van der Waals surface area contributed by atoms with E-state index in [1.165, 1.54) is 19.1 Å². The number of carbonyl (C=O) groups excluding carboxylic acids is 2. The third-order valence-electron chi connectivity index (χ3n) is 2.96. The Labute approximate surface area is 145 Å². The molecule has 0 radical (unpaired) electrons. The Kier molecular flexibility index (Phi) is 5.74. The van der Waals surface area contributed by atoms with Gasteiger partial charge in [-0.25, -0.2) is 4.39 Å². The molecular formula is C16H12BrClFNO3. The van der Waals surface area contributed by atoms with Crippen molar-refractivity contribution in [3.8, 4) is 5.75 Å². The fraction of sp³-hybridized carbons (Fsp3) is 0.125. The monoisotopic (exact) mass is 399 g/mol. The number of hydrogen-bond acceptors (Lipinski definition) is 3. The number of benzene rings is 2. The number of carbonyl (C=O) groups is 2. The second kappa shape index (κ2) is 7.57. The van der Waals surface area contributed by atoms with E-state index < -0.39 is 17.8 Å². The minimum Gasteiger partial charge on any atom is -0.480 e. The van der Waals surface area contributed by atoms with Gasteiger partial charge in [-0.3, -0.25) is 9.59 Å². The number of nitrogens with one attached hydrogen (secondary N) is 1. The molecule has 0 spiro atoms. The van der Waals surface area contributed by atoms with Crippen LogP contribution >= 0.6 is 27.5 Å². The minimum absolute atomic E-state index is 0.0859. The summed E-state index contributed by atoms with van der Waals surface area (Å²) in [6.07, 6.45) is -0.238. The van der Waals surface area contributed by atoms with Gasteiger partial charge in [-0.15, -0.1) is 0 Å². The summed E-state index contributed by atoms with van der Waals surface area (Å²) in [5, 5.41) is 2.63. The van der Waals surface area contributed by atoms with E-state index in [1.807, 2.05) is 0 Å². The average molecular weight is 401 g/mol. The summed E-state index contributed by atoms with van der Waals surface area (Å²) in [5.74, 6) is -0.683.